The predicted octanol–water partition coefficient (Wildman–Crippen LogP) is 2.84. The maximum absolute atomic E-state index is 5.83. The first-order valence-electron chi connectivity index (χ1n) is 8.43. The van der Waals surface area contributed by atoms with Gasteiger partial charge in [0.25, 0.3) is 0 Å². The summed E-state index contributed by atoms with van der Waals surface area (Å²) in [6.45, 7) is 6.26. The third kappa shape index (κ3) is 4.10. The van der Waals surface area contributed by atoms with Crippen LogP contribution in [0.1, 0.15) is 39.0 Å². The van der Waals surface area contributed by atoms with E-state index in [4.69, 9.17) is 4.74 Å². The van der Waals surface area contributed by atoms with Crippen LogP contribution in [0.2, 0.25) is 0 Å². The van der Waals surface area contributed by atoms with Gasteiger partial charge in [-0.3, -0.25) is 0 Å². The fourth-order valence-corrected chi connectivity index (χ4v) is 2.90. The molecule has 1 aromatic heterocycles. The van der Waals surface area contributed by atoms with E-state index < -0.39 is 0 Å². The summed E-state index contributed by atoms with van der Waals surface area (Å²) < 4.78 is 5.83. The van der Waals surface area contributed by atoms with Gasteiger partial charge in [-0.1, -0.05) is 6.92 Å². The van der Waals surface area contributed by atoms with Gasteiger partial charge >= 0.3 is 0 Å². The first-order chi connectivity index (χ1) is 10.4. The van der Waals surface area contributed by atoms with Crippen LogP contribution in [0.3, 0.4) is 0 Å². The lowest BCUT2D eigenvalue weighted by atomic mass is 10.0. The molecule has 0 unspecified atom stereocenters. The minimum atomic E-state index is 0.686. The number of hydrogen-bond acceptors (Lipinski definition) is 4. The molecule has 21 heavy (non-hydrogen) atoms. The van der Waals surface area contributed by atoms with Crippen LogP contribution < -0.4 is 15.0 Å². The standard InChI is InChI=1S/C17H27N3O/c1-2-12-21-16-4-3-9-18-17(16)20-10-7-15(8-11-20)19-13-14-5-6-14/h3-4,9,14-15,19H,2,5-8,10-13H2,1H3. The quantitative estimate of drug-likeness (QED) is 0.837. The number of anilines is 1. The Bertz CT molecular complexity index is 439. The Morgan fingerprint density at radius 2 is 2.10 bits per heavy atom. The molecule has 2 fully saturated rings. The van der Waals surface area contributed by atoms with Gasteiger partial charge < -0.3 is 15.0 Å². The van der Waals surface area contributed by atoms with Crippen molar-refractivity contribution in [3.05, 3.63) is 18.3 Å². The van der Waals surface area contributed by atoms with E-state index in [9.17, 15) is 0 Å². The minimum Gasteiger partial charge on any atom is -0.490 e. The van der Waals surface area contributed by atoms with Crippen molar-refractivity contribution in [1.29, 1.82) is 0 Å². The van der Waals surface area contributed by atoms with Gasteiger partial charge in [0, 0.05) is 25.3 Å². The smallest absolute Gasteiger partial charge is 0.171 e. The highest BCUT2D eigenvalue weighted by atomic mass is 16.5. The van der Waals surface area contributed by atoms with Crippen molar-refractivity contribution in [3.63, 3.8) is 0 Å². The zero-order valence-electron chi connectivity index (χ0n) is 13.1. The number of nitrogens with one attached hydrogen (secondary N) is 1. The summed E-state index contributed by atoms with van der Waals surface area (Å²) in [5.74, 6) is 2.92. The van der Waals surface area contributed by atoms with Crippen molar-refractivity contribution >= 4 is 5.82 Å². The van der Waals surface area contributed by atoms with Crippen LogP contribution in [-0.4, -0.2) is 37.3 Å². The summed E-state index contributed by atoms with van der Waals surface area (Å²) in [4.78, 5) is 6.92. The maximum atomic E-state index is 5.83. The van der Waals surface area contributed by atoms with E-state index in [1.54, 1.807) is 0 Å². The highest BCUT2D eigenvalue weighted by molar-refractivity contribution is 5.52. The number of nitrogens with zero attached hydrogens (tertiary/aromatic N) is 2. The Morgan fingerprint density at radius 3 is 2.81 bits per heavy atom. The number of pyridine rings is 1. The van der Waals surface area contributed by atoms with Crippen LogP contribution in [0.4, 0.5) is 5.82 Å². The van der Waals surface area contributed by atoms with Gasteiger partial charge in [0.2, 0.25) is 0 Å². The SMILES string of the molecule is CCCOc1cccnc1N1CCC(NCC2CC2)CC1. The normalized spacial score (nSPS) is 19.8. The average molecular weight is 289 g/mol. The van der Waals surface area contributed by atoms with Crippen molar-refractivity contribution in [1.82, 2.24) is 10.3 Å². The van der Waals surface area contributed by atoms with Crippen LogP contribution in [0, 0.1) is 5.92 Å². The molecular formula is C17H27N3O. The second-order valence-electron chi connectivity index (χ2n) is 6.29. The molecule has 2 aliphatic rings. The third-order valence-electron chi connectivity index (χ3n) is 4.40. The van der Waals surface area contributed by atoms with Gasteiger partial charge in [0.15, 0.2) is 11.6 Å². The number of rotatable bonds is 7. The molecule has 0 radical (unpaired) electrons. The van der Waals surface area contributed by atoms with E-state index in [-0.39, 0.29) is 0 Å². The molecule has 1 N–H and O–H groups in total. The second kappa shape index (κ2) is 7.12. The van der Waals surface area contributed by atoms with Gasteiger partial charge in [0.05, 0.1) is 6.61 Å². The van der Waals surface area contributed by atoms with Crippen molar-refractivity contribution < 1.29 is 4.74 Å². The lowest BCUT2D eigenvalue weighted by Gasteiger charge is -2.34. The number of aromatic nitrogens is 1. The van der Waals surface area contributed by atoms with Crippen LogP contribution in [0.15, 0.2) is 18.3 Å². The van der Waals surface area contributed by atoms with E-state index in [2.05, 4.69) is 22.1 Å². The topological polar surface area (TPSA) is 37.4 Å². The summed E-state index contributed by atoms with van der Waals surface area (Å²) in [5, 5.41) is 3.73. The molecule has 0 amide bonds. The highest BCUT2D eigenvalue weighted by Crippen LogP contribution is 2.30. The van der Waals surface area contributed by atoms with Crippen LogP contribution in [0.5, 0.6) is 5.75 Å². The molecule has 1 aliphatic heterocycles. The van der Waals surface area contributed by atoms with Crippen molar-refractivity contribution in [2.24, 2.45) is 5.92 Å². The fraction of sp³-hybridized carbons (Fsp3) is 0.706. The Labute approximate surface area is 127 Å². The van der Waals surface area contributed by atoms with E-state index in [0.29, 0.717) is 6.04 Å². The summed E-state index contributed by atoms with van der Waals surface area (Å²) in [5.41, 5.74) is 0. The summed E-state index contributed by atoms with van der Waals surface area (Å²) in [7, 11) is 0. The summed E-state index contributed by atoms with van der Waals surface area (Å²) in [6.07, 6.45) is 8.16. The summed E-state index contributed by atoms with van der Waals surface area (Å²) >= 11 is 0. The van der Waals surface area contributed by atoms with E-state index in [1.165, 1.54) is 32.2 Å². The first-order valence-corrected chi connectivity index (χ1v) is 8.43. The fourth-order valence-electron chi connectivity index (χ4n) is 2.90. The molecule has 0 atom stereocenters. The monoisotopic (exact) mass is 289 g/mol. The Morgan fingerprint density at radius 1 is 1.29 bits per heavy atom. The average Bonchev–Trinajstić information content (AvgIpc) is 3.36. The molecule has 1 saturated heterocycles. The molecule has 0 spiro atoms. The van der Waals surface area contributed by atoms with Crippen LogP contribution in [0.25, 0.3) is 0 Å². The minimum absolute atomic E-state index is 0.686. The number of piperidine rings is 1. The van der Waals surface area contributed by atoms with Gasteiger partial charge in [0.1, 0.15) is 0 Å². The molecule has 0 bridgehead atoms. The molecule has 1 saturated carbocycles. The second-order valence-corrected chi connectivity index (χ2v) is 6.29. The molecule has 1 aromatic rings. The molecule has 1 aliphatic carbocycles. The lowest BCUT2D eigenvalue weighted by molar-refractivity contribution is 0.314. The molecule has 0 aromatic carbocycles. The zero-order valence-corrected chi connectivity index (χ0v) is 13.1. The maximum Gasteiger partial charge on any atom is 0.171 e. The third-order valence-corrected chi connectivity index (χ3v) is 4.40. The van der Waals surface area contributed by atoms with Gasteiger partial charge in [-0.25, -0.2) is 4.98 Å². The lowest BCUT2D eigenvalue weighted by Crippen LogP contribution is -2.43. The number of ether oxygens (including phenoxy) is 1. The van der Waals surface area contributed by atoms with Gasteiger partial charge in [-0.05, 0) is 56.7 Å². The molecule has 4 nitrogen and oxygen atoms in total. The molecule has 3 rings (SSSR count). The molecule has 2 heterocycles. The molecular weight excluding hydrogens is 262 g/mol. The van der Waals surface area contributed by atoms with Crippen molar-refractivity contribution in [2.75, 3.05) is 31.1 Å². The predicted molar refractivity (Wildman–Crippen MR) is 86.0 cm³/mol. The number of hydrogen-bond donors (Lipinski definition) is 1. The summed E-state index contributed by atoms with van der Waals surface area (Å²) in [6, 6.07) is 4.68. The van der Waals surface area contributed by atoms with E-state index in [0.717, 1.165) is 43.6 Å². The van der Waals surface area contributed by atoms with Gasteiger partial charge in [-0.2, -0.15) is 0 Å². The Hall–Kier alpha value is -1.29. The van der Waals surface area contributed by atoms with E-state index in [1.807, 2.05) is 18.3 Å². The van der Waals surface area contributed by atoms with Crippen LogP contribution in [-0.2, 0) is 0 Å². The Balaban J connectivity index is 1.53. The molecule has 116 valence electrons. The largest absolute Gasteiger partial charge is 0.490 e. The van der Waals surface area contributed by atoms with Crippen LogP contribution >= 0.6 is 0 Å². The first kappa shape index (κ1) is 14.6. The Kier molecular flexibility index (Phi) is 4.96. The van der Waals surface area contributed by atoms with Gasteiger partial charge in [-0.15, -0.1) is 0 Å². The molecule has 4 heteroatoms. The zero-order chi connectivity index (χ0) is 14.5. The van der Waals surface area contributed by atoms with E-state index >= 15 is 0 Å². The van der Waals surface area contributed by atoms with Crippen molar-refractivity contribution in [3.8, 4) is 5.75 Å². The highest BCUT2D eigenvalue weighted by Gasteiger charge is 2.25. The van der Waals surface area contributed by atoms with Crippen molar-refractivity contribution in [2.45, 2.75) is 45.1 Å².